The maximum atomic E-state index is 12.8. The number of carbonyl (C=O) groups excluding carboxylic acids is 2. The molecule has 3 fully saturated rings. The highest BCUT2D eigenvalue weighted by atomic mass is 16.5. The van der Waals surface area contributed by atoms with Crippen LogP contribution in [-0.4, -0.2) is 84.7 Å². The van der Waals surface area contributed by atoms with Crippen molar-refractivity contribution in [1.82, 2.24) is 15.1 Å². The minimum atomic E-state index is -0.250. The van der Waals surface area contributed by atoms with Crippen molar-refractivity contribution in [2.24, 2.45) is 5.92 Å². The quantitative estimate of drug-likeness (QED) is 0.607. The second-order valence-electron chi connectivity index (χ2n) is 9.34. The van der Waals surface area contributed by atoms with Crippen LogP contribution in [0, 0.1) is 19.8 Å². The number of hydrogen-bond donors (Lipinski definition) is 2. The average Bonchev–Trinajstić information content (AvgIpc) is 3.56. The molecule has 1 saturated carbocycles. The fraction of sp³-hybridized carbons (Fsp3) is 0.640. The van der Waals surface area contributed by atoms with Crippen LogP contribution in [0.15, 0.2) is 18.2 Å². The Morgan fingerprint density at radius 2 is 1.76 bits per heavy atom. The first kappa shape index (κ1) is 25.2. The van der Waals surface area contributed by atoms with Gasteiger partial charge in [0.15, 0.2) is 0 Å². The first-order chi connectivity index (χ1) is 15.9. The smallest absolute Gasteiger partial charge is 0.290 e. The SMILES string of the molecule is Cc1ccc(C(=O)NC[C@@H]2CC[C@H](CC(=O)N3CCOCC3)N2CC2CC2)cc1C.O=CO. The molecule has 0 bridgehead atoms. The van der Waals surface area contributed by atoms with E-state index in [1.54, 1.807) is 0 Å². The number of amides is 2. The normalized spacial score (nSPS) is 22.9. The molecule has 3 aliphatic rings. The van der Waals surface area contributed by atoms with Crippen LogP contribution in [0.4, 0.5) is 0 Å². The van der Waals surface area contributed by atoms with Crippen molar-refractivity contribution in [2.45, 2.75) is 58.0 Å². The summed E-state index contributed by atoms with van der Waals surface area (Å²) in [6.07, 6.45) is 5.26. The van der Waals surface area contributed by atoms with Gasteiger partial charge in [-0.15, -0.1) is 0 Å². The van der Waals surface area contributed by atoms with Gasteiger partial charge in [-0.05, 0) is 68.7 Å². The van der Waals surface area contributed by atoms with E-state index in [4.69, 9.17) is 14.6 Å². The summed E-state index contributed by atoms with van der Waals surface area (Å²) in [6.45, 7) is 8.28. The molecule has 8 nitrogen and oxygen atoms in total. The summed E-state index contributed by atoms with van der Waals surface area (Å²) in [5, 5.41) is 10.0. The topological polar surface area (TPSA) is 99.2 Å². The largest absolute Gasteiger partial charge is 0.483 e. The highest BCUT2D eigenvalue weighted by molar-refractivity contribution is 5.94. The highest BCUT2D eigenvalue weighted by Crippen LogP contribution is 2.35. The van der Waals surface area contributed by atoms with Crippen molar-refractivity contribution in [2.75, 3.05) is 39.4 Å². The third-order valence-corrected chi connectivity index (χ3v) is 6.98. The Bertz CT molecular complexity index is 820. The van der Waals surface area contributed by atoms with Gasteiger partial charge in [0.25, 0.3) is 12.4 Å². The lowest BCUT2D eigenvalue weighted by molar-refractivity contribution is -0.136. The molecule has 1 aromatic rings. The molecule has 2 atom stereocenters. The van der Waals surface area contributed by atoms with E-state index in [1.807, 2.05) is 30.0 Å². The Labute approximate surface area is 196 Å². The standard InChI is InChI=1S/C24H35N3O3.CH2O2/c1-17-3-6-20(13-18(17)2)24(29)25-15-22-8-7-21(27(22)16-19-4-5-19)14-23(28)26-9-11-30-12-10-26;2-1-3/h3,6,13,19,21-22H,4-5,7-12,14-16H2,1-2H3,(H,25,29);1H,(H,2,3)/t21-,22+;/m1./s1. The molecule has 0 spiro atoms. The first-order valence-corrected chi connectivity index (χ1v) is 12.0. The molecule has 2 heterocycles. The number of rotatable bonds is 7. The molecule has 0 unspecified atom stereocenters. The summed E-state index contributed by atoms with van der Waals surface area (Å²) in [5.74, 6) is 1.02. The zero-order chi connectivity index (χ0) is 23.8. The van der Waals surface area contributed by atoms with Gasteiger partial charge in [-0.3, -0.25) is 19.3 Å². The minimum absolute atomic E-state index is 0.00249. The number of morpholine rings is 1. The van der Waals surface area contributed by atoms with Crippen LogP contribution in [0.1, 0.15) is 53.6 Å². The zero-order valence-electron chi connectivity index (χ0n) is 19.8. The highest BCUT2D eigenvalue weighted by Gasteiger charge is 2.38. The molecule has 0 aromatic heterocycles. The van der Waals surface area contributed by atoms with Crippen LogP contribution in [0.3, 0.4) is 0 Å². The van der Waals surface area contributed by atoms with Gasteiger partial charge in [-0.25, -0.2) is 0 Å². The van der Waals surface area contributed by atoms with Gasteiger partial charge in [-0.2, -0.15) is 0 Å². The maximum absolute atomic E-state index is 12.8. The second kappa shape index (κ2) is 12.1. The van der Waals surface area contributed by atoms with Crippen LogP contribution in [-0.2, 0) is 14.3 Å². The minimum Gasteiger partial charge on any atom is -0.483 e. The molecule has 0 radical (unpaired) electrons. The summed E-state index contributed by atoms with van der Waals surface area (Å²) in [6, 6.07) is 6.49. The summed E-state index contributed by atoms with van der Waals surface area (Å²) in [5.41, 5.74) is 3.06. The lowest BCUT2D eigenvalue weighted by atomic mass is 10.1. The van der Waals surface area contributed by atoms with Crippen molar-refractivity contribution in [1.29, 1.82) is 0 Å². The summed E-state index contributed by atoms with van der Waals surface area (Å²) >= 11 is 0. The van der Waals surface area contributed by atoms with E-state index in [9.17, 15) is 9.59 Å². The van der Waals surface area contributed by atoms with E-state index in [-0.39, 0.29) is 18.3 Å². The Balaban J connectivity index is 0.000000968. The van der Waals surface area contributed by atoms with Crippen LogP contribution in [0.25, 0.3) is 0 Å². The number of hydrogen-bond acceptors (Lipinski definition) is 5. The maximum Gasteiger partial charge on any atom is 0.290 e. The molecule has 2 aliphatic heterocycles. The van der Waals surface area contributed by atoms with E-state index in [1.165, 1.54) is 18.4 Å². The summed E-state index contributed by atoms with van der Waals surface area (Å²) < 4.78 is 5.38. The predicted octanol–water partition coefficient (Wildman–Crippen LogP) is 2.23. The lowest BCUT2D eigenvalue weighted by Crippen LogP contribution is -2.47. The monoisotopic (exact) mass is 459 g/mol. The zero-order valence-corrected chi connectivity index (χ0v) is 19.8. The number of carbonyl (C=O) groups is 3. The third kappa shape index (κ3) is 7.27. The van der Waals surface area contributed by atoms with Gasteiger partial charge in [-0.1, -0.05) is 6.07 Å². The molecule has 1 aliphatic carbocycles. The molecular formula is C25H37N3O5. The number of ether oxygens (including phenoxy) is 1. The van der Waals surface area contributed by atoms with Gasteiger partial charge >= 0.3 is 0 Å². The fourth-order valence-electron chi connectivity index (χ4n) is 4.69. The number of aryl methyl sites for hydroxylation is 2. The van der Waals surface area contributed by atoms with Gasteiger partial charge < -0.3 is 20.1 Å². The van der Waals surface area contributed by atoms with Crippen LogP contribution >= 0.6 is 0 Å². The number of carboxylic acid groups (broad SMARTS) is 1. The number of nitrogens with one attached hydrogen (secondary N) is 1. The lowest BCUT2D eigenvalue weighted by Gasteiger charge is -2.33. The number of nitrogens with zero attached hydrogens (tertiary/aromatic N) is 2. The molecule has 182 valence electrons. The van der Waals surface area contributed by atoms with E-state index >= 15 is 0 Å². The van der Waals surface area contributed by atoms with E-state index < -0.39 is 0 Å². The van der Waals surface area contributed by atoms with Crippen molar-refractivity contribution in [3.63, 3.8) is 0 Å². The summed E-state index contributed by atoms with van der Waals surface area (Å²) in [7, 11) is 0. The van der Waals surface area contributed by atoms with Gasteiger partial charge in [0.2, 0.25) is 5.91 Å². The number of likely N-dealkylation sites (tertiary alicyclic amines) is 1. The molecule has 2 amide bonds. The average molecular weight is 460 g/mol. The molecular weight excluding hydrogens is 422 g/mol. The van der Waals surface area contributed by atoms with Crippen LogP contribution < -0.4 is 5.32 Å². The fourth-order valence-corrected chi connectivity index (χ4v) is 4.69. The predicted molar refractivity (Wildman–Crippen MR) is 125 cm³/mol. The Kier molecular flexibility index (Phi) is 9.26. The molecule has 2 N–H and O–H groups in total. The van der Waals surface area contributed by atoms with E-state index in [0.717, 1.165) is 36.4 Å². The van der Waals surface area contributed by atoms with Gasteiger partial charge in [0.1, 0.15) is 0 Å². The molecule has 4 rings (SSSR count). The van der Waals surface area contributed by atoms with Crippen LogP contribution in [0.2, 0.25) is 0 Å². The van der Waals surface area contributed by atoms with Gasteiger partial charge in [0.05, 0.1) is 13.2 Å². The van der Waals surface area contributed by atoms with Crippen molar-refractivity contribution < 1.29 is 24.2 Å². The number of benzene rings is 1. The van der Waals surface area contributed by atoms with Crippen LogP contribution in [0.5, 0.6) is 0 Å². The van der Waals surface area contributed by atoms with E-state index in [2.05, 4.69) is 17.1 Å². The molecule has 8 heteroatoms. The second-order valence-corrected chi connectivity index (χ2v) is 9.34. The van der Waals surface area contributed by atoms with Crippen molar-refractivity contribution in [3.8, 4) is 0 Å². The first-order valence-electron chi connectivity index (χ1n) is 12.0. The third-order valence-electron chi connectivity index (χ3n) is 6.98. The Morgan fingerprint density at radius 3 is 2.39 bits per heavy atom. The molecule has 33 heavy (non-hydrogen) atoms. The Hall–Kier alpha value is -2.45. The Morgan fingerprint density at radius 1 is 1.09 bits per heavy atom. The summed E-state index contributed by atoms with van der Waals surface area (Å²) in [4.78, 5) is 38.3. The molecule has 2 saturated heterocycles. The van der Waals surface area contributed by atoms with Gasteiger partial charge in [0, 0.05) is 50.2 Å². The van der Waals surface area contributed by atoms with Crippen molar-refractivity contribution in [3.05, 3.63) is 34.9 Å². The molecule has 1 aromatic carbocycles. The van der Waals surface area contributed by atoms with Crippen molar-refractivity contribution >= 4 is 18.3 Å². The van der Waals surface area contributed by atoms with E-state index in [0.29, 0.717) is 51.4 Å².